The van der Waals surface area contributed by atoms with E-state index in [1.807, 2.05) is 55.2 Å². The number of hydrogen-bond acceptors (Lipinski definition) is 11. The Kier molecular flexibility index (Phi) is 9.82. The van der Waals surface area contributed by atoms with Crippen molar-refractivity contribution in [1.29, 1.82) is 0 Å². The van der Waals surface area contributed by atoms with E-state index in [4.69, 9.17) is 35.9 Å². The standard InChI is InChI=1S/C33H40ClN11O3/c1-23(18-44-22-35-21-38-44)48-31-17-24(3-8-28(31)34)29-10-11-36-33(39-29)40-30-19-45(41-32(30)47-20-27-9-12-37-42(27)2)26-6-4-25(5-7-26)43-13-15-46-16-14-43/h3,8-12,17,19,21-23,25-26H,4-7,13-16,18,20H2,1-2H3,(H,36,39,40)/t23-,25?,26?/m0/s1. The summed E-state index contributed by atoms with van der Waals surface area (Å²) < 4.78 is 23.6. The number of nitrogens with one attached hydrogen (secondary N) is 1. The molecule has 1 N–H and O–H groups in total. The molecule has 4 aromatic heterocycles. The molecule has 1 atom stereocenters. The van der Waals surface area contributed by atoms with Crippen molar-refractivity contribution in [2.45, 2.75) is 63.9 Å². The molecule has 5 heterocycles. The van der Waals surface area contributed by atoms with Gasteiger partial charge in [-0.05, 0) is 56.9 Å². The molecule has 14 nitrogen and oxygen atoms in total. The first-order valence-corrected chi connectivity index (χ1v) is 16.8. The molecule has 0 bridgehead atoms. The first-order valence-electron chi connectivity index (χ1n) is 16.4. The van der Waals surface area contributed by atoms with Gasteiger partial charge in [0.05, 0.1) is 48.4 Å². The van der Waals surface area contributed by atoms with Crippen molar-refractivity contribution in [2.24, 2.45) is 7.05 Å². The molecule has 1 aliphatic carbocycles. The van der Waals surface area contributed by atoms with E-state index in [2.05, 4.69) is 30.4 Å². The minimum atomic E-state index is -0.183. The average Bonchev–Trinajstić information content (AvgIpc) is 3.87. The third-order valence-corrected chi connectivity index (χ3v) is 9.26. The average molecular weight is 674 g/mol. The van der Waals surface area contributed by atoms with Crippen LogP contribution in [0.5, 0.6) is 11.6 Å². The summed E-state index contributed by atoms with van der Waals surface area (Å²) in [5.41, 5.74) is 3.19. The molecule has 1 aliphatic heterocycles. The molecule has 1 saturated carbocycles. The van der Waals surface area contributed by atoms with Gasteiger partial charge < -0.3 is 19.5 Å². The van der Waals surface area contributed by atoms with Gasteiger partial charge in [-0.3, -0.25) is 14.3 Å². The summed E-state index contributed by atoms with van der Waals surface area (Å²) >= 11 is 6.51. The molecule has 1 saturated heterocycles. The number of rotatable bonds is 12. The van der Waals surface area contributed by atoms with Gasteiger partial charge in [0.25, 0.3) is 5.88 Å². The topological polar surface area (TPSA) is 135 Å². The predicted molar refractivity (Wildman–Crippen MR) is 179 cm³/mol. The fourth-order valence-electron chi connectivity index (χ4n) is 6.37. The highest BCUT2D eigenvalue weighted by Crippen LogP contribution is 2.36. The molecule has 0 radical (unpaired) electrons. The molecule has 2 fully saturated rings. The van der Waals surface area contributed by atoms with Gasteiger partial charge in [0, 0.05) is 44.1 Å². The number of aromatic nitrogens is 9. The van der Waals surface area contributed by atoms with E-state index >= 15 is 0 Å². The van der Waals surface area contributed by atoms with Gasteiger partial charge in [0.2, 0.25) is 5.95 Å². The molecule has 5 aromatic rings. The van der Waals surface area contributed by atoms with E-state index in [-0.39, 0.29) is 12.1 Å². The van der Waals surface area contributed by atoms with Gasteiger partial charge >= 0.3 is 0 Å². The Morgan fingerprint density at radius 2 is 1.88 bits per heavy atom. The van der Waals surface area contributed by atoms with Crippen molar-refractivity contribution in [3.8, 4) is 22.9 Å². The molecule has 252 valence electrons. The van der Waals surface area contributed by atoms with E-state index < -0.39 is 0 Å². The van der Waals surface area contributed by atoms with Crippen molar-refractivity contribution in [2.75, 3.05) is 31.6 Å². The number of anilines is 2. The molecule has 7 rings (SSSR count). The Balaban J connectivity index is 1.08. The van der Waals surface area contributed by atoms with Crippen LogP contribution < -0.4 is 14.8 Å². The fraction of sp³-hybridized carbons (Fsp3) is 0.455. The second-order valence-electron chi connectivity index (χ2n) is 12.3. The Morgan fingerprint density at radius 3 is 2.65 bits per heavy atom. The van der Waals surface area contributed by atoms with Crippen LogP contribution in [0, 0.1) is 0 Å². The van der Waals surface area contributed by atoms with Gasteiger partial charge in [-0.15, -0.1) is 5.10 Å². The summed E-state index contributed by atoms with van der Waals surface area (Å²) in [4.78, 5) is 15.9. The van der Waals surface area contributed by atoms with Gasteiger partial charge in [0.1, 0.15) is 36.8 Å². The lowest BCUT2D eigenvalue weighted by molar-refractivity contribution is 0.00502. The SMILES string of the molecule is C[C@@H](Cn1cncn1)Oc1cc(-c2ccnc(Nc3cn(C4CCC(N5CCOCC5)CC4)nc3OCc3ccnn3C)n2)ccc1Cl. The lowest BCUT2D eigenvalue weighted by Crippen LogP contribution is -2.45. The second-order valence-corrected chi connectivity index (χ2v) is 12.7. The number of nitrogens with zero attached hydrogens (tertiary/aromatic N) is 10. The number of morpholine rings is 1. The molecule has 2 aliphatic rings. The lowest BCUT2D eigenvalue weighted by Gasteiger charge is -2.38. The Hall–Kier alpha value is -4.53. The molecule has 15 heteroatoms. The second kappa shape index (κ2) is 14.7. The molecule has 0 unspecified atom stereocenters. The third-order valence-electron chi connectivity index (χ3n) is 8.95. The van der Waals surface area contributed by atoms with Gasteiger partial charge in [-0.1, -0.05) is 17.7 Å². The van der Waals surface area contributed by atoms with Crippen molar-refractivity contribution < 1.29 is 14.2 Å². The number of ether oxygens (including phenoxy) is 3. The van der Waals surface area contributed by atoms with Crippen LogP contribution in [0.4, 0.5) is 11.6 Å². The predicted octanol–water partition coefficient (Wildman–Crippen LogP) is 4.92. The molecular formula is C33H40ClN11O3. The van der Waals surface area contributed by atoms with Crippen molar-refractivity contribution in [3.63, 3.8) is 0 Å². The normalized spacial score (nSPS) is 19.2. The minimum Gasteiger partial charge on any atom is -0.487 e. The summed E-state index contributed by atoms with van der Waals surface area (Å²) in [5.74, 6) is 1.47. The maximum absolute atomic E-state index is 6.51. The Labute approximate surface area is 284 Å². The zero-order valence-corrected chi connectivity index (χ0v) is 27.9. The number of hydrogen-bond donors (Lipinski definition) is 1. The van der Waals surface area contributed by atoms with Gasteiger partial charge in [-0.2, -0.15) is 10.2 Å². The van der Waals surface area contributed by atoms with Crippen molar-refractivity contribution >= 4 is 23.2 Å². The highest BCUT2D eigenvalue weighted by atomic mass is 35.5. The maximum atomic E-state index is 6.51. The lowest BCUT2D eigenvalue weighted by atomic mass is 9.90. The van der Waals surface area contributed by atoms with Crippen LogP contribution in [0.2, 0.25) is 5.02 Å². The fourth-order valence-corrected chi connectivity index (χ4v) is 6.53. The van der Waals surface area contributed by atoms with Crippen LogP contribution in [-0.4, -0.2) is 87.6 Å². The number of halogens is 1. The Bertz CT molecular complexity index is 1780. The highest BCUT2D eigenvalue weighted by Gasteiger charge is 2.29. The monoisotopic (exact) mass is 673 g/mol. The zero-order chi connectivity index (χ0) is 32.9. The first-order chi connectivity index (χ1) is 23.5. The largest absolute Gasteiger partial charge is 0.487 e. The Morgan fingerprint density at radius 1 is 1.04 bits per heavy atom. The summed E-state index contributed by atoms with van der Waals surface area (Å²) in [7, 11) is 1.90. The van der Waals surface area contributed by atoms with E-state index in [0.29, 0.717) is 53.2 Å². The molecule has 0 spiro atoms. The summed E-state index contributed by atoms with van der Waals surface area (Å²) in [6, 6.07) is 10.3. The van der Waals surface area contributed by atoms with Crippen LogP contribution in [0.3, 0.4) is 0 Å². The quantitative estimate of drug-likeness (QED) is 0.193. The van der Waals surface area contributed by atoms with Crippen molar-refractivity contribution in [3.05, 3.63) is 72.3 Å². The first kappa shape index (κ1) is 32.0. The zero-order valence-electron chi connectivity index (χ0n) is 27.2. The molecular weight excluding hydrogens is 634 g/mol. The smallest absolute Gasteiger partial charge is 0.257 e. The van der Waals surface area contributed by atoms with Crippen LogP contribution in [0.15, 0.2) is 61.6 Å². The van der Waals surface area contributed by atoms with Gasteiger partial charge in [0.15, 0.2) is 0 Å². The molecule has 0 amide bonds. The van der Waals surface area contributed by atoms with E-state index in [1.165, 1.54) is 6.33 Å². The van der Waals surface area contributed by atoms with Crippen molar-refractivity contribution in [1.82, 2.24) is 49.2 Å². The van der Waals surface area contributed by atoms with Crippen LogP contribution in [-0.2, 0) is 24.9 Å². The molecule has 1 aromatic carbocycles. The summed E-state index contributed by atoms with van der Waals surface area (Å²) in [6.45, 7) is 6.51. The maximum Gasteiger partial charge on any atom is 0.257 e. The van der Waals surface area contributed by atoms with Gasteiger partial charge in [-0.25, -0.2) is 19.6 Å². The highest BCUT2D eigenvalue weighted by molar-refractivity contribution is 6.32. The number of benzene rings is 1. The summed E-state index contributed by atoms with van der Waals surface area (Å²) in [5, 5.41) is 17.2. The van der Waals surface area contributed by atoms with Crippen LogP contribution in [0.1, 0.15) is 44.3 Å². The van der Waals surface area contributed by atoms with E-state index in [1.54, 1.807) is 28.1 Å². The van der Waals surface area contributed by atoms with Crippen LogP contribution >= 0.6 is 11.6 Å². The van der Waals surface area contributed by atoms with E-state index in [0.717, 1.165) is 63.2 Å². The third kappa shape index (κ3) is 7.61. The molecule has 48 heavy (non-hydrogen) atoms. The number of aryl methyl sites for hydroxylation is 1. The summed E-state index contributed by atoms with van der Waals surface area (Å²) in [6.07, 6.45) is 12.8. The van der Waals surface area contributed by atoms with Crippen LogP contribution in [0.25, 0.3) is 11.3 Å². The van der Waals surface area contributed by atoms with E-state index in [9.17, 15) is 0 Å². The minimum absolute atomic E-state index is 0.183.